The van der Waals surface area contributed by atoms with E-state index in [2.05, 4.69) is 36.6 Å². The predicted octanol–water partition coefficient (Wildman–Crippen LogP) is 4.62. The van der Waals surface area contributed by atoms with E-state index in [4.69, 9.17) is 0 Å². The van der Waals surface area contributed by atoms with E-state index in [-0.39, 0.29) is 18.4 Å². The highest BCUT2D eigenvalue weighted by molar-refractivity contribution is 5.93. The molecule has 2 aromatic rings. The summed E-state index contributed by atoms with van der Waals surface area (Å²) in [7, 11) is 0. The first kappa shape index (κ1) is 21.5. The highest BCUT2D eigenvalue weighted by Crippen LogP contribution is 2.20. The van der Waals surface area contributed by atoms with Gasteiger partial charge in [-0.3, -0.25) is 9.59 Å². The van der Waals surface area contributed by atoms with Gasteiger partial charge in [-0.2, -0.15) is 0 Å². The fraction of sp³-hybridized carbons (Fsp3) is 0.391. The van der Waals surface area contributed by atoms with Crippen molar-refractivity contribution in [3.63, 3.8) is 0 Å². The molecule has 2 N–H and O–H groups in total. The summed E-state index contributed by atoms with van der Waals surface area (Å²) in [6.45, 7) is 9.32. The number of hydrogen-bond acceptors (Lipinski definition) is 3. The van der Waals surface area contributed by atoms with Gasteiger partial charge in [-0.25, -0.2) is 0 Å². The van der Waals surface area contributed by atoms with Crippen molar-refractivity contribution in [3.8, 4) is 0 Å². The lowest BCUT2D eigenvalue weighted by molar-refractivity contribution is -0.129. The van der Waals surface area contributed by atoms with Gasteiger partial charge in [-0.15, -0.1) is 0 Å². The second-order valence-corrected chi connectivity index (χ2v) is 7.07. The number of anilines is 2. The van der Waals surface area contributed by atoms with Crippen molar-refractivity contribution in [1.29, 1.82) is 0 Å². The molecule has 0 aliphatic heterocycles. The van der Waals surface area contributed by atoms with Gasteiger partial charge >= 0.3 is 0 Å². The summed E-state index contributed by atoms with van der Waals surface area (Å²) in [6.07, 6.45) is 1.09. The third kappa shape index (κ3) is 6.41. The van der Waals surface area contributed by atoms with Crippen molar-refractivity contribution in [3.05, 3.63) is 59.7 Å². The smallest absolute Gasteiger partial charge is 0.243 e. The number of hydrogen-bond donors (Lipinski definition) is 2. The molecule has 1 unspecified atom stereocenters. The standard InChI is InChI=1S/C23H31N3O2/c1-5-17(3)20-10-12-21(13-11-20)25-23(28)15-24-22-9-7-8-19(14-22)16-26(6-2)18(4)27/h7-14,17,24H,5-6,15-16H2,1-4H3,(H,25,28). The Morgan fingerprint density at radius 1 is 1.04 bits per heavy atom. The Morgan fingerprint density at radius 3 is 2.36 bits per heavy atom. The van der Waals surface area contributed by atoms with Gasteiger partial charge < -0.3 is 15.5 Å². The molecule has 0 saturated carbocycles. The molecule has 1 atom stereocenters. The maximum Gasteiger partial charge on any atom is 0.243 e. The Labute approximate surface area is 168 Å². The molecule has 28 heavy (non-hydrogen) atoms. The molecule has 5 heteroatoms. The summed E-state index contributed by atoms with van der Waals surface area (Å²) in [4.78, 5) is 25.6. The van der Waals surface area contributed by atoms with Crippen molar-refractivity contribution in [2.75, 3.05) is 23.7 Å². The van der Waals surface area contributed by atoms with Gasteiger partial charge in [-0.05, 0) is 54.7 Å². The van der Waals surface area contributed by atoms with E-state index in [1.54, 1.807) is 11.8 Å². The number of amides is 2. The van der Waals surface area contributed by atoms with Crippen LogP contribution in [-0.4, -0.2) is 29.8 Å². The van der Waals surface area contributed by atoms with E-state index in [1.165, 1.54) is 5.56 Å². The molecule has 0 spiro atoms. The molecular weight excluding hydrogens is 350 g/mol. The lowest BCUT2D eigenvalue weighted by Crippen LogP contribution is -2.27. The Morgan fingerprint density at radius 2 is 1.75 bits per heavy atom. The molecule has 150 valence electrons. The normalized spacial score (nSPS) is 11.6. The average molecular weight is 382 g/mol. The summed E-state index contributed by atoms with van der Waals surface area (Å²) in [6, 6.07) is 15.8. The molecule has 0 radical (unpaired) electrons. The molecule has 0 fully saturated rings. The van der Waals surface area contributed by atoms with Gasteiger partial charge in [0.2, 0.25) is 11.8 Å². The highest BCUT2D eigenvalue weighted by atomic mass is 16.2. The van der Waals surface area contributed by atoms with Crippen LogP contribution in [0.5, 0.6) is 0 Å². The van der Waals surface area contributed by atoms with Crippen LogP contribution in [0, 0.1) is 0 Å². The quantitative estimate of drug-likeness (QED) is 0.666. The molecule has 0 bridgehead atoms. The second kappa shape index (κ2) is 10.5. The lowest BCUT2D eigenvalue weighted by Gasteiger charge is -2.19. The molecule has 5 nitrogen and oxygen atoms in total. The Hall–Kier alpha value is -2.82. The minimum absolute atomic E-state index is 0.0552. The van der Waals surface area contributed by atoms with E-state index in [1.807, 2.05) is 43.3 Å². The molecule has 2 rings (SSSR count). The van der Waals surface area contributed by atoms with Crippen LogP contribution in [0.4, 0.5) is 11.4 Å². The predicted molar refractivity (Wildman–Crippen MR) is 115 cm³/mol. The number of benzene rings is 2. The van der Waals surface area contributed by atoms with Crippen LogP contribution in [0.1, 0.15) is 51.2 Å². The fourth-order valence-corrected chi connectivity index (χ4v) is 2.96. The van der Waals surface area contributed by atoms with E-state index < -0.39 is 0 Å². The van der Waals surface area contributed by atoms with Crippen LogP contribution in [0.2, 0.25) is 0 Å². The van der Waals surface area contributed by atoms with Crippen molar-refractivity contribution in [2.24, 2.45) is 0 Å². The van der Waals surface area contributed by atoms with E-state index in [0.717, 1.165) is 23.4 Å². The molecule has 0 heterocycles. The number of carbonyl (C=O) groups is 2. The van der Waals surface area contributed by atoms with E-state index in [9.17, 15) is 9.59 Å². The zero-order valence-electron chi connectivity index (χ0n) is 17.3. The largest absolute Gasteiger partial charge is 0.376 e. The van der Waals surface area contributed by atoms with Gasteiger partial charge in [0.25, 0.3) is 0 Å². The van der Waals surface area contributed by atoms with Gasteiger partial charge in [0.1, 0.15) is 0 Å². The molecule has 0 saturated heterocycles. The first-order valence-electron chi connectivity index (χ1n) is 9.91. The molecule has 2 aromatic carbocycles. The van der Waals surface area contributed by atoms with Gasteiger partial charge in [0.05, 0.1) is 6.54 Å². The zero-order chi connectivity index (χ0) is 20.5. The third-order valence-electron chi connectivity index (χ3n) is 4.96. The Bertz CT molecular complexity index is 787. The van der Waals surface area contributed by atoms with Crippen LogP contribution in [0.15, 0.2) is 48.5 Å². The Balaban J connectivity index is 1.88. The highest BCUT2D eigenvalue weighted by Gasteiger charge is 2.08. The number of rotatable bonds is 9. The lowest BCUT2D eigenvalue weighted by atomic mass is 9.99. The summed E-state index contributed by atoms with van der Waals surface area (Å²) in [5.41, 5.74) is 3.97. The minimum atomic E-state index is -0.0967. The topological polar surface area (TPSA) is 61.4 Å². The van der Waals surface area contributed by atoms with Gasteiger partial charge in [0, 0.05) is 31.4 Å². The van der Waals surface area contributed by atoms with Gasteiger partial charge in [0.15, 0.2) is 0 Å². The van der Waals surface area contributed by atoms with Crippen LogP contribution in [-0.2, 0) is 16.1 Å². The maximum absolute atomic E-state index is 12.2. The molecule has 0 aliphatic rings. The van der Waals surface area contributed by atoms with E-state index in [0.29, 0.717) is 19.0 Å². The Kier molecular flexibility index (Phi) is 8.05. The number of carbonyl (C=O) groups excluding carboxylic acids is 2. The minimum Gasteiger partial charge on any atom is -0.376 e. The molecule has 0 aromatic heterocycles. The summed E-state index contributed by atoms with van der Waals surface area (Å²) < 4.78 is 0. The maximum atomic E-state index is 12.2. The van der Waals surface area contributed by atoms with Crippen molar-refractivity contribution in [2.45, 2.75) is 46.6 Å². The monoisotopic (exact) mass is 381 g/mol. The zero-order valence-corrected chi connectivity index (χ0v) is 17.3. The molecule has 0 aliphatic carbocycles. The first-order valence-corrected chi connectivity index (χ1v) is 9.91. The number of nitrogens with one attached hydrogen (secondary N) is 2. The first-order chi connectivity index (χ1) is 13.4. The van der Waals surface area contributed by atoms with Crippen molar-refractivity contribution >= 4 is 23.2 Å². The third-order valence-corrected chi connectivity index (χ3v) is 4.96. The number of nitrogens with zero attached hydrogens (tertiary/aromatic N) is 1. The summed E-state index contributed by atoms with van der Waals surface area (Å²) in [5.74, 6) is 0.477. The van der Waals surface area contributed by atoms with Crippen molar-refractivity contribution in [1.82, 2.24) is 4.90 Å². The molecular formula is C23H31N3O2. The van der Waals surface area contributed by atoms with Gasteiger partial charge in [-0.1, -0.05) is 38.1 Å². The van der Waals surface area contributed by atoms with E-state index >= 15 is 0 Å². The van der Waals surface area contributed by atoms with Crippen LogP contribution < -0.4 is 10.6 Å². The van der Waals surface area contributed by atoms with Crippen LogP contribution in [0.3, 0.4) is 0 Å². The van der Waals surface area contributed by atoms with Crippen LogP contribution >= 0.6 is 0 Å². The fourth-order valence-electron chi connectivity index (χ4n) is 2.96. The molecule has 2 amide bonds. The summed E-state index contributed by atoms with van der Waals surface area (Å²) >= 11 is 0. The average Bonchev–Trinajstić information content (AvgIpc) is 2.70. The van der Waals surface area contributed by atoms with Crippen LogP contribution in [0.25, 0.3) is 0 Å². The summed E-state index contributed by atoms with van der Waals surface area (Å²) in [5, 5.41) is 6.06. The van der Waals surface area contributed by atoms with Crippen molar-refractivity contribution < 1.29 is 9.59 Å². The second-order valence-electron chi connectivity index (χ2n) is 7.07. The SMILES string of the molecule is CCC(C)c1ccc(NC(=O)CNc2cccc(CN(CC)C(C)=O)c2)cc1.